The summed E-state index contributed by atoms with van der Waals surface area (Å²) in [6, 6.07) is 3.28. The number of hydrogen-bond donors (Lipinski definition) is 7. The summed E-state index contributed by atoms with van der Waals surface area (Å²) in [5, 5.41) is 58.3. The Morgan fingerprint density at radius 1 is 0.824 bits per heavy atom. The predicted molar refractivity (Wildman–Crippen MR) is 241 cm³/mol. The first-order valence-electron chi connectivity index (χ1n) is 21.9. The van der Waals surface area contributed by atoms with Crippen LogP contribution in [0.2, 0.25) is 0 Å². The van der Waals surface area contributed by atoms with Gasteiger partial charge in [0.25, 0.3) is 6.23 Å². The Balaban J connectivity index is 0. The molecule has 0 aromatic carbocycles. The number of ketones is 1. The van der Waals surface area contributed by atoms with Crippen molar-refractivity contribution in [2.75, 3.05) is 19.8 Å². The number of aliphatic hydroxyl groups is 6. The standard InChI is InChI=1S/C19H30NO6.C19H31NO5.CHF3O3S.CH4.2Na.O4S2/c1-2-3-4-5-6-7-11-25-19(24)14-9-8-10-20(12-14)18-17(23)16(22)15(13-21)26-18;1-2-3-4-5-6-7-10-15(22)14-9-8-11-20(12-14)19-18(24)17(23)16(13-21)25-19;2-1(3,4)8(5,6)7;;;;1-5(2)6(3)4/h8-10,12,15-18,21-23H,2-7,11,13H2,1H3;8,11-12,16-19,21,23-24H,2-7,9-10,13H2,1H3;(H,5,6,7);1H4;;;/q+1;;;;;;/t15-,16+,17?,18-;16-,17+,18?,19-;;;;;/m11...../s1. The monoisotopic (exact) mass is 1060 g/mol. The molecule has 7 N–H and O–H groups in total. The fraction of sp³-hybridized carbons (Fsp3) is 0.725. The first kappa shape index (κ1) is 68.7. The van der Waals surface area contributed by atoms with Gasteiger partial charge >= 0.3 is 83.7 Å². The second kappa shape index (κ2) is 37.4. The third-order valence-electron chi connectivity index (χ3n) is 9.85. The second-order valence-electron chi connectivity index (χ2n) is 14.9. The van der Waals surface area contributed by atoms with E-state index in [0.29, 0.717) is 30.6 Å². The summed E-state index contributed by atoms with van der Waals surface area (Å²) in [5.74, 6) is -0.309. The van der Waals surface area contributed by atoms with Crippen LogP contribution in [0, 0.1) is 0 Å². The van der Waals surface area contributed by atoms with Gasteiger partial charge in [0.15, 0.2) is 30.5 Å². The number of esters is 1. The number of Topliss-reactive ketones (excluding diaryl/α,β-unsaturated/α-hetero) is 1. The minimum absolute atomic E-state index is 0. The summed E-state index contributed by atoms with van der Waals surface area (Å²) in [6.45, 7) is 3.99. The molecule has 8 atom stereocenters. The van der Waals surface area contributed by atoms with Crippen LogP contribution in [0.15, 0.2) is 48.6 Å². The maximum atomic E-state index is 12.4. The normalized spacial score (nSPS) is 22.8. The number of ether oxygens (including phenoxy) is 3. The molecule has 2 fully saturated rings. The number of aliphatic hydroxyl groups excluding tert-OH is 6. The molecule has 4 rings (SSSR count). The average molecular weight is 1060 g/mol. The molecule has 384 valence electrons. The average Bonchev–Trinajstić information content (AvgIpc) is 3.76. The molecule has 1 aromatic rings. The molecule has 20 nitrogen and oxygen atoms in total. The summed E-state index contributed by atoms with van der Waals surface area (Å²) in [4.78, 5) is 26.2. The van der Waals surface area contributed by atoms with Gasteiger partial charge in [0.2, 0.25) is 0 Å². The van der Waals surface area contributed by atoms with Crippen molar-refractivity contribution in [1.29, 1.82) is 0 Å². The van der Waals surface area contributed by atoms with Crippen molar-refractivity contribution in [3.63, 3.8) is 0 Å². The Labute approximate surface area is 427 Å². The van der Waals surface area contributed by atoms with Gasteiger partial charge < -0.3 is 49.7 Å². The molecule has 2 unspecified atom stereocenters. The Morgan fingerprint density at radius 2 is 1.31 bits per heavy atom. The molecular formula is C40H66F3N2Na2O18S3+. The SMILES string of the molecule is C.CCCCCCCCC(=O)C1=CN([C@@H]2O[C@H](CO)[C@H](O)C2O)C=CC1.CCCCCCCCOC(=O)c1ccc[n+]([C@@H]2O[C@H](CO)[C@H](O)C2O)c1.O=S(=O)(O)C(F)(F)F.O=S(=O)=S(=O)=O.[Na][Na]. The van der Waals surface area contributed by atoms with Gasteiger partial charge in [0, 0.05) is 30.5 Å². The van der Waals surface area contributed by atoms with Crippen molar-refractivity contribution in [3.8, 4) is 0 Å². The van der Waals surface area contributed by atoms with Gasteiger partial charge in [-0.3, -0.25) is 9.35 Å². The number of hydrogen-bond acceptors (Lipinski definition) is 18. The fourth-order valence-electron chi connectivity index (χ4n) is 6.30. The first-order valence-corrected chi connectivity index (χ1v) is 34.0. The Kier molecular flexibility index (Phi) is 37.7. The Bertz CT molecular complexity index is 2010. The van der Waals surface area contributed by atoms with Crippen molar-refractivity contribution in [2.24, 2.45) is 0 Å². The van der Waals surface area contributed by atoms with Gasteiger partial charge in [0.1, 0.15) is 36.1 Å². The number of unbranched alkanes of at least 4 members (excludes halogenated alkanes) is 10. The Hall–Kier alpha value is -1.41. The van der Waals surface area contributed by atoms with Crippen molar-refractivity contribution in [1.82, 2.24) is 4.90 Å². The topological polar surface area (TPSA) is 313 Å². The summed E-state index contributed by atoms with van der Waals surface area (Å²) >= 11 is 2.89. The van der Waals surface area contributed by atoms with E-state index in [1.807, 2.05) is 6.08 Å². The summed E-state index contributed by atoms with van der Waals surface area (Å²) in [6.07, 6.45) is 15.1. The molecule has 0 amide bonds. The van der Waals surface area contributed by atoms with E-state index in [9.17, 15) is 53.4 Å². The number of nitrogens with zero attached hydrogens (tertiary/aromatic N) is 2. The van der Waals surface area contributed by atoms with E-state index in [1.54, 1.807) is 35.6 Å². The molecule has 0 spiro atoms. The number of aromatic nitrogens is 1. The van der Waals surface area contributed by atoms with E-state index in [-0.39, 0.29) is 19.8 Å². The van der Waals surface area contributed by atoms with E-state index < -0.39 is 95.8 Å². The molecule has 68 heavy (non-hydrogen) atoms. The number of rotatable bonds is 20. The Morgan fingerprint density at radius 3 is 1.78 bits per heavy atom. The molecule has 3 aliphatic heterocycles. The van der Waals surface area contributed by atoms with Gasteiger partial charge in [0.05, 0.1) is 19.8 Å². The molecule has 2 saturated heterocycles. The molecule has 0 aliphatic carbocycles. The molecule has 0 bridgehead atoms. The van der Waals surface area contributed by atoms with Crippen LogP contribution >= 0.6 is 0 Å². The minimum atomic E-state index is -5.84. The summed E-state index contributed by atoms with van der Waals surface area (Å²) in [7, 11) is -11.7. The maximum absolute atomic E-state index is 12.4. The third-order valence-corrected chi connectivity index (χ3v) is 11.3. The van der Waals surface area contributed by atoms with Crippen LogP contribution < -0.4 is 4.57 Å². The predicted octanol–water partition coefficient (Wildman–Crippen LogP) is 1.88. The van der Waals surface area contributed by atoms with Crippen LogP contribution in [-0.4, -0.2) is 189 Å². The van der Waals surface area contributed by atoms with Gasteiger partial charge in [-0.2, -0.15) is 43.0 Å². The van der Waals surface area contributed by atoms with E-state index >= 15 is 0 Å². The zero-order valence-electron chi connectivity index (χ0n) is 38.1. The van der Waals surface area contributed by atoms with Crippen LogP contribution in [-0.2, 0) is 47.7 Å². The first-order chi connectivity index (χ1) is 31.6. The molecule has 1 aromatic heterocycles. The van der Waals surface area contributed by atoms with Crippen LogP contribution in [0.1, 0.15) is 128 Å². The van der Waals surface area contributed by atoms with Crippen LogP contribution in [0.5, 0.6) is 0 Å². The zero-order chi connectivity index (χ0) is 51.3. The van der Waals surface area contributed by atoms with Crippen LogP contribution in [0.4, 0.5) is 13.2 Å². The number of allylic oxidation sites excluding steroid dienone is 2. The number of carbonyl (C=O) groups is 2. The van der Waals surface area contributed by atoms with E-state index in [1.165, 1.54) is 99.3 Å². The van der Waals surface area contributed by atoms with Gasteiger partial charge in [-0.1, -0.05) is 91.6 Å². The van der Waals surface area contributed by atoms with Crippen molar-refractivity contribution in [3.05, 3.63) is 54.1 Å². The summed E-state index contributed by atoms with van der Waals surface area (Å²) < 4.78 is 112. The molecule has 3 aliphatic rings. The quantitative estimate of drug-likeness (QED) is 0.0245. The van der Waals surface area contributed by atoms with Gasteiger partial charge in [-0.15, -0.1) is 0 Å². The van der Waals surface area contributed by atoms with Crippen LogP contribution in [0.25, 0.3) is 0 Å². The van der Waals surface area contributed by atoms with Crippen molar-refractivity contribution >= 4 is 84.0 Å². The third kappa shape index (κ3) is 25.8. The molecule has 0 radical (unpaired) electrons. The van der Waals surface area contributed by atoms with E-state index in [4.69, 9.17) is 44.0 Å². The van der Waals surface area contributed by atoms with Gasteiger partial charge in [-0.05, 0) is 25.3 Å². The fourth-order valence-corrected chi connectivity index (χ4v) is 6.30. The summed E-state index contributed by atoms with van der Waals surface area (Å²) in [5.41, 5.74) is -4.50. The number of alkyl halides is 3. The zero-order valence-corrected chi connectivity index (χ0v) is 44.5. The van der Waals surface area contributed by atoms with Crippen molar-refractivity contribution < 1.29 is 102 Å². The molecule has 28 heteroatoms. The molecular weight excluding hydrogens is 996 g/mol. The second-order valence-corrected chi connectivity index (χ2v) is 18.7. The van der Waals surface area contributed by atoms with E-state index in [0.717, 1.165) is 32.1 Å². The number of halogens is 3. The molecule has 4 heterocycles. The van der Waals surface area contributed by atoms with Crippen molar-refractivity contribution in [2.45, 2.75) is 166 Å². The van der Waals surface area contributed by atoms with Gasteiger partial charge in [-0.25, -0.2) is 4.79 Å². The van der Waals surface area contributed by atoms with E-state index in [2.05, 4.69) is 13.8 Å². The molecule has 0 saturated carbocycles. The van der Waals surface area contributed by atoms with Crippen LogP contribution in [0.3, 0.4) is 0 Å². The number of pyridine rings is 1. The number of carbonyl (C=O) groups excluding carboxylic acids is 2.